The Morgan fingerprint density at radius 1 is 1.56 bits per heavy atom. The molecule has 1 atom stereocenters. The Kier molecular flexibility index (Phi) is 3.00. The van der Waals surface area contributed by atoms with Gasteiger partial charge in [0.1, 0.15) is 0 Å². The van der Waals surface area contributed by atoms with Crippen LogP contribution in [0.4, 0.5) is 5.82 Å². The number of carbonyl (C=O) groups excluding carboxylic acids is 1. The zero-order chi connectivity index (χ0) is 11.5. The number of amides is 1. The minimum absolute atomic E-state index is 0.185. The average Bonchev–Trinajstić information content (AvgIpc) is 2.29. The van der Waals surface area contributed by atoms with Gasteiger partial charge < -0.3 is 15.4 Å². The Morgan fingerprint density at radius 3 is 2.94 bits per heavy atom. The Bertz CT molecular complexity index is 379. The Labute approximate surface area is 93.4 Å². The molecule has 0 unspecified atom stereocenters. The highest BCUT2D eigenvalue weighted by molar-refractivity contribution is 5.90. The van der Waals surface area contributed by atoms with E-state index in [9.17, 15) is 4.79 Å². The van der Waals surface area contributed by atoms with Crippen LogP contribution in [0.2, 0.25) is 0 Å². The topological polar surface area (TPSA) is 81.3 Å². The van der Waals surface area contributed by atoms with E-state index >= 15 is 0 Å². The maximum absolute atomic E-state index is 10.8. The molecule has 1 aliphatic rings. The second-order valence-electron chi connectivity index (χ2n) is 3.77. The lowest BCUT2D eigenvalue weighted by atomic mass is 10.3. The predicted molar refractivity (Wildman–Crippen MR) is 58.2 cm³/mol. The highest BCUT2D eigenvalue weighted by Crippen LogP contribution is 2.13. The predicted octanol–water partition coefficient (Wildman–Crippen LogP) is -0.199. The normalized spacial score (nSPS) is 20.8. The van der Waals surface area contributed by atoms with Crippen LogP contribution in [0.25, 0.3) is 0 Å². The Hall–Kier alpha value is -1.69. The molecule has 1 aromatic rings. The van der Waals surface area contributed by atoms with Crippen molar-refractivity contribution in [2.24, 2.45) is 5.73 Å². The first kappa shape index (κ1) is 10.8. The highest BCUT2D eigenvalue weighted by Gasteiger charge is 2.18. The number of aromatic nitrogens is 2. The third kappa shape index (κ3) is 2.27. The molecule has 86 valence electrons. The van der Waals surface area contributed by atoms with Crippen molar-refractivity contribution in [1.29, 1.82) is 0 Å². The second-order valence-corrected chi connectivity index (χ2v) is 3.77. The van der Waals surface area contributed by atoms with Crippen molar-refractivity contribution in [1.82, 2.24) is 10.2 Å². The molecule has 2 N–H and O–H groups in total. The molecule has 1 aliphatic heterocycles. The number of nitrogens with zero attached hydrogens (tertiary/aromatic N) is 3. The van der Waals surface area contributed by atoms with Gasteiger partial charge in [-0.3, -0.25) is 4.79 Å². The van der Waals surface area contributed by atoms with E-state index in [1.165, 1.54) is 0 Å². The van der Waals surface area contributed by atoms with E-state index in [-0.39, 0.29) is 11.8 Å². The molecule has 2 rings (SSSR count). The number of anilines is 1. The van der Waals surface area contributed by atoms with Crippen molar-refractivity contribution >= 4 is 11.7 Å². The fourth-order valence-electron chi connectivity index (χ4n) is 1.65. The smallest absolute Gasteiger partial charge is 0.269 e. The van der Waals surface area contributed by atoms with E-state index in [2.05, 4.69) is 15.1 Å². The number of rotatable bonds is 2. The van der Waals surface area contributed by atoms with E-state index in [0.717, 1.165) is 18.9 Å². The molecule has 0 saturated carbocycles. The number of morpholine rings is 1. The maximum Gasteiger partial charge on any atom is 0.269 e. The summed E-state index contributed by atoms with van der Waals surface area (Å²) >= 11 is 0. The zero-order valence-corrected chi connectivity index (χ0v) is 9.09. The minimum Gasteiger partial charge on any atom is -0.375 e. The molecule has 0 bridgehead atoms. The molecule has 1 amide bonds. The summed E-state index contributed by atoms with van der Waals surface area (Å²) in [4.78, 5) is 12.9. The zero-order valence-electron chi connectivity index (χ0n) is 9.09. The van der Waals surface area contributed by atoms with Gasteiger partial charge in [-0.15, -0.1) is 10.2 Å². The summed E-state index contributed by atoms with van der Waals surface area (Å²) in [6.45, 7) is 4.26. The van der Waals surface area contributed by atoms with E-state index in [1.807, 2.05) is 6.92 Å². The highest BCUT2D eigenvalue weighted by atomic mass is 16.5. The summed E-state index contributed by atoms with van der Waals surface area (Å²) in [6, 6.07) is 3.34. The molecule has 2 heterocycles. The van der Waals surface area contributed by atoms with Crippen molar-refractivity contribution < 1.29 is 9.53 Å². The fraction of sp³-hybridized carbons (Fsp3) is 0.500. The number of ether oxygens (including phenoxy) is 1. The molecule has 0 spiro atoms. The van der Waals surface area contributed by atoms with Gasteiger partial charge in [0.2, 0.25) is 0 Å². The van der Waals surface area contributed by atoms with Crippen molar-refractivity contribution in [3.63, 3.8) is 0 Å². The van der Waals surface area contributed by atoms with E-state index in [1.54, 1.807) is 12.1 Å². The van der Waals surface area contributed by atoms with Crippen molar-refractivity contribution in [2.75, 3.05) is 24.6 Å². The van der Waals surface area contributed by atoms with Crippen LogP contribution in [-0.2, 0) is 4.74 Å². The molecule has 1 aromatic heterocycles. The fourth-order valence-corrected chi connectivity index (χ4v) is 1.65. The van der Waals surface area contributed by atoms with E-state index in [0.29, 0.717) is 6.61 Å². The molecule has 0 aromatic carbocycles. The molecule has 6 nitrogen and oxygen atoms in total. The second kappa shape index (κ2) is 4.44. The number of hydrogen-bond donors (Lipinski definition) is 1. The van der Waals surface area contributed by atoms with Gasteiger partial charge in [-0.1, -0.05) is 0 Å². The number of nitrogens with two attached hydrogens (primary N) is 1. The molecule has 1 saturated heterocycles. The third-order valence-corrected chi connectivity index (χ3v) is 2.47. The van der Waals surface area contributed by atoms with Gasteiger partial charge in [0.15, 0.2) is 11.5 Å². The molecule has 6 heteroatoms. The lowest BCUT2D eigenvalue weighted by Gasteiger charge is -2.31. The largest absolute Gasteiger partial charge is 0.375 e. The molecular formula is C10H14N4O2. The van der Waals surface area contributed by atoms with Crippen LogP contribution in [0.1, 0.15) is 17.4 Å². The van der Waals surface area contributed by atoms with Gasteiger partial charge in [0.25, 0.3) is 5.91 Å². The van der Waals surface area contributed by atoms with Crippen LogP contribution in [-0.4, -0.2) is 41.9 Å². The summed E-state index contributed by atoms with van der Waals surface area (Å²) in [5.41, 5.74) is 5.27. The molecule has 16 heavy (non-hydrogen) atoms. The lowest BCUT2D eigenvalue weighted by Crippen LogP contribution is -2.41. The van der Waals surface area contributed by atoms with Gasteiger partial charge in [0, 0.05) is 13.1 Å². The van der Waals surface area contributed by atoms with Crippen LogP contribution in [0.5, 0.6) is 0 Å². The van der Waals surface area contributed by atoms with Crippen LogP contribution in [0.3, 0.4) is 0 Å². The lowest BCUT2D eigenvalue weighted by molar-refractivity contribution is 0.0528. The van der Waals surface area contributed by atoms with Crippen molar-refractivity contribution in [3.8, 4) is 0 Å². The van der Waals surface area contributed by atoms with Crippen LogP contribution in [0.15, 0.2) is 12.1 Å². The Balaban J connectivity index is 2.11. The van der Waals surface area contributed by atoms with Gasteiger partial charge in [-0.2, -0.15) is 0 Å². The summed E-state index contributed by atoms with van der Waals surface area (Å²) in [6.07, 6.45) is 0.186. The molecule has 0 aliphatic carbocycles. The summed E-state index contributed by atoms with van der Waals surface area (Å²) < 4.78 is 5.43. The van der Waals surface area contributed by atoms with Gasteiger partial charge in [0.05, 0.1) is 12.7 Å². The van der Waals surface area contributed by atoms with Crippen molar-refractivity contribution in [3.05, 3.63) is 17.8 Å². The van der Waals surface area contributed by atoms with E-state index < -0.39 is 5.91 Å². The minimum atomic E-state index is -0.561. The molecular weight excluding hydrogens is 208 g/mol. The third-order valence-electron chi connectivity index (χ3n) is 2.47. The quantitative estimate of drug-likeness (QED) is 0.749. The standard InChI is InChI=1S/C10H14N4O2/c1-7-6-14(4-5-16-7)9-3-2-8(10(11)15)12-13-9/h2-3,7H,4-6H2,1H3,(H2,11,15)/t7-/m0/s1. The maximum atomic E-state index is 10.8. The first-order valence-corrected chi connectivity index (χ1v) is 5.17. The average molecular weight is 222 g/mol. The molecule has 1 fully saturated rings. The van der Waals surface area contributed by atoms with Crippen LogP contribution >= 0.6 is 0 Å². The van der Waals surface area contributed by atoms with Crippen molar-refractivity contribution in [2.45, 2.75) is 13.0 Å². The van der Waals surface area contributed by atoms with Gasteiger partial charge >= 0.3 is 0 Å². The summed E-state index contributed by atoms with van der Waals surface area (Å²) in [7, 11) is 0. The SMILES string of the molecule is C[C@H]1CN(c2ccc(C(N)=O)nn2)CCO1. The summed E-state index contributed by atoms with van der Waals surface area (Å²) in [5.74, 6) is 0.189. The van der Waals surface area contributed by atoms with E-state index in [4.69, 9.17) is 10.5 Å². The van der Waals surface area contributed by atoms with Gasteiger partial charge in [-0.25, -0.2) is 0 Å². The van der Waals surface area contributed by atoms with Crippen LogP contribution in [0, 0.1) is 0 Å². The monoisotopic (exact) mass is 222 g/mol. The first-order valence-electron chi connectivity index (χ1n) is 5.17. The van der Waals surface area contributed by atoms with Gasteiger partial charge in [-0.05, 0) is 19.1 Å². The first-order chi connectivity index (χ1) is 7.66. The molecule has 0 radical (unpaired) electrons. The number of carbonyl (C=O) groups is 1. The van der Waals surface area contributed by atoms with Crippen LogP contribution < -0.4 is 10.6 Å². The summed E-state index contributed by atoms with van der Waals surface area (Å²) in [5, 5.41) is 7.75. The number of hydrogen-bond acceptors (Lipinski definition) is 5. The Morgan fingerprint density at radius 2 is 2.38 bits per heavy atom. The number of primary amides is 1.